The number of morpholine rings is 1. The Morgan fingerprint density at radius 3 is 2.78 bits per heavy atom. The predicted molar refractivity (Wildman–Crippen MR) is 98.5 cm³/mol. The maximum atomic E-state index is 12.5. The van der Waals surface area contributed by atoms with Crippen LogP contribution in [0, 0.1) is 0 Å². The van der Waals surface area contributed by atoms with Gasteiger partial charge in [0.15, 0.2) is 5.60 Å². The molecule has 2 heterocycles. The summed E-state index contributed by atoms with van der Waals surface area (Å²) in [6, 6.07) is 1.77. The summed E-state index contributed by atoms with van der Waals surface area (Å²) in [6.07, 6.45) is 2.69. The van der Waals surface area contributed by atoms with E-state index in [2.05, 4.69) is 9.97 Å². The highest BCUT2D eigenvalue weighted by Gasteiger charge is 2.46. The van der Waals surface area contributed by atoms with Crippen LogP contribution in [-0.2, 0) is 25.4 Å². The molecule has 0 N–H and O–H groups in total. The maximum Gasteiger partial charge on any atom is 0.410 e. The van der Waals surface area contributed by atoms with Gasteiger partial charge in [-0.15, -0.1) is 0 Å². The molecule has 1 fully saturated rings. The number of hydrogen-bond acceptors (Lipinski definition) is 7. The molecule has 1 saturated heterocycles. The number of carbonyl (C=O) groups is 2. The van der Waals surface area contributed by atoms with E-state index in [1.807, 2.05) is 0 Å². The molecule has 1 atom stereocenters. The van der Waals surface area contributed by atoms with Gasteiger partial charge in [0.1, 0.15) is 5.60 Å². The Balaban J connectivity index is 2.06. The molecule has 0 saturated carbocycles. The van der Waals surface area contributed by atoms with Crippen LogP contribution in [0.25, 0.3) is 0 Å². The van der Waals surface area contributed by atoms with E-state index in [0.29, 0.717) is 25.8 Å². The first kappa shape index (κ1) is 21.4. The van der Waals surface area contributed by atoms with Crippen LogP contribution >= 0.6 is 11.6 Å². The van der Waals surface area contributed by atoms with E-state index < -0.39 is 23.3 Å². The second-order valence-corrected chi connectivity index (χ2v) is 7.74. The van der Waals surface area contributed by atoms with Crippen molar-refractivity contribution < 1.29 is 23.8 Å². The highest BCUT2D eigenvalue weighted by atomic mass is 35.5. The molecule has 9 heteroatoms. The summed E-state index contributed by atoms with van der Waals surface area (Å²) in [5.41, 5.74) is -1.06. The number of carbonyl (C=O) groups excluding carboxylic acids is 2. The van der Waals surface area contributed by atoms with Crippen molar-refractivity contribution in [2.24, 2.45) is 0 Å². The van der Waals surface area contributed by atoms with Crippen molar-refractivity contribution in [3.05, 3.63) is 23.2 Å². The number of amides is 1. The van der Waals surface area contributed by atoms with Crippen molar-refractivity contribution in [1.82, 2.24) is 14.9 Å². The molecule has 1 amide bonds. The molecular weight excluding hydrogens is 374 g/mol. The van der Waals surface area contributed by atoms with Crippen molar-refractivity contribution in [2.45, 2.75) is 51.2 Å². The summed E-state index contributed by atoms with van der Waals surface area (Å²) in [7, 11) is 1.31. The van der Waals surface area contributed by atoms with E-state index in [-0.39, 0.29) is 18.4 Å². The molecular formula is C18H26ClN3O5. The van der Waals surface area contributed by atoms with E-state index in [0.717, 1.165) is 5.69 Å². The van der Waals surface area contributed by atoms with Crippen molar-refractivity contribution in [3.63, 3.8) is 0 Å². The first-order valence-corrected chi connectivity index (χ1v) is 9.21. The standard InChI is InChI=1S/C18H26ClN3O5/c1-17(2,3)27-16(24)22-10-11-26-18(12-22,14(23)25-4)8-5-6-13-7-9-20-15(19)21-13/h7,9H,5-6,8,10-12H2,1-4H3. The molecule has 2 rings (SSSR count). The number of rotatable bonds is 5. The Labute approximate surface area is 164 Å². The Hall–Kier alpha value is -1.93. The smallest absolute Gasteiger partial charge is 0.410 e. The lowest BCUT2D eigenvalue weighted by molar-refractivity contribution is -0.181. The molecule has 0 aromatic carbocycles. The summed E-state index contributed by atoms with van der Waals surface area (Å²) in [5, 5.41) is 0.181. The highest BCUT2D eigenvalue weighted by Crippen LogP contribution is 2.27. The molecule has 0 bridgehead atoms. The van der Waals surface area contributed by atoms with Crippen LogP contribution in [0.2, 0.25) is 5.28 Å². The average Bonchev–Trinajstić information content (AvgIpc) is 2.60. The molecule has 27 heavy (non-hydrogen) atoms. The van der Waals surface area contributed by atoms with Crippen LogP contribution in [0.15, 0.2) is 12.3 Å². The summed E-state index contributed by atoms with van der Waals surface area (Å²) in [4.78, 5) is 34.4. The van der Waals surface area contributed by atoms with Crippen LogP contribution < -0.4 is 0 Å². The first-order valence-electron chi connectivity index (χ1n) is 8.83. The van der Waals surface area contributed by atoms with E-state index >= 15 is 0 Å². The molecule has 0 spiro atoms. The number of esters is 1. The average molecular weight is 400 g/mol. The van der Waals surface area contributed by atoms with E-state index in [9.17, 15) is 9.59 Å². The van der Waals surface area contributed by atoms with Crippen molar-refractivity contribution in [1.29, 1.82) is 0 Å². The van der Waals surface area contributed by atoms with Crippen LogP contribution in [0.4, 0.5) is 4.79 Å². The number of nitrogens with zero attached hydrogens (tertiary/aromatic N) is 3. The van der Waals surface area contributed by atoms with Crippen molar-refractivity contribution >= 4 is 23.7 Å². The van der Waals surface area contributed by atoms with Crippen LogP contribution in [-0.4, -0.2) is 64.9 Å². The predicted octanol–water partition coefficient (Wildman–Crippen LogP) is 2.63. The number of aromatic nitrogens is 2. The minimum Gasteiger partial charge on any atom is -0.467 e. The SMILES string of the molecule is COC(=O)C1(CCCc2ccnc(Cl)n2)CN(C(=O)OC(C)(C)C)CCO1. The second kappa shape index (κ2) is 8.84. The van der Waals surface area contributed by atoms with E-state index in [1.54, 1.807) is 33.0 Å². The van der Waals surface area contributed by atoms with Gasteiger partial charge in [-0.05, 0) is 57.7 Å². The third-order valence-corrected chi connectivity index (χ3v) is 4.27. The number of halogens is 1. The van der Waals surface area contributed by atoms with Gasteiger partial charge in [-0.25, -0.2) is 19.6 Å². The fraction of sp³-hybridized carbons (Fsp3) is 0.667. The van der Waals surface area contributed by atoms with Crippen molar-refractivity contribution in [3.8, 4) is 0 Å². The third kappa shape index (κ3) is 6.04. The molecule has 1 aliphatic rings. The zero-order valence-corrected chi connectivity index (χ0v) is 16.9. The number of hydrogen-bond donors (Lipinski definition) is 0. The fourth-order valence-corrected chi connectivity index (χ4v) is 3.06. The zero-order valence-electron chi connectivity index (χ0n) is 16.2. The topological polar surface area (TPSA) is 90.9 Å². The molecule has 1 unspecified atom stereocenters. The van der Waals surface area contributed by atoms with Gasteiger partial charge < -0.3 is 19.1 Å². The number of aryl methyl sites for hydroxylation is 1. The number of ether oxygens (including phenoxy) is 3. The largest absolute Gasteiger partial charge is 0.467 e. The minimum absolute atomic E-state index is 0.0825. The molecule has 1 aliphatic heterocycles. The Kier molecular flexibility index (Phi) is 7.00. The molecule has 8 nitrogen and oxygen atoms in total. The number of methoxy groups -OCH3 is 1. The van der Waals surface area contributed by atoms with E-state index in [1.165, 1.54) is 12.0 Å². The lowest BCUT2D eigenvalue weighted by Crippen LogP contribution is -2.58. The van der Waals surface area contributed by atoms with Gasteiger partial charge in [0.25, 0.3) is 0 Å². The van der Waals surface area contributed by atoms with Gasteiger partial charge in [0.05, 0.1) is 20.3 Å². The molecule has 0 aliphatic carbocycles. The van der Waals surface area contributed by atoms with Gasteiger partial charge in [-0.1, -0.05) is 0 Å². The Morgan fingerprint density at radius 2 is 2.15 bits per heavy atom. The summed E-state index contributed by atoms with van der Waals surface area (Å²) in [6.45, 7) is 6.06. The van der Waals surface area contributed by atoms with E-state index in [4.69, 9.17) is 25.8 Å². The van der Waals surface area contributed by atoms with Crippen LogP contribution in [0.1, 0.15) is 39.3 Å². The lowest BCUT2D eigenvalue weighted by atomic mass is 9.93. The van der Waals surface area contributed by atoms with Crippen LogP contribution in [0.5, 0.6) is 0 Å². The molecule has 0 radical (unpaired) electrons. The van der Waals surface area contributed by atoms with Crippen LogP contribution in [0.3, 0.4) is 0 Å². The molecule has 1 aromatic heterocycles. The quantitative estimate of drug-likeness (QED) is 0.555. The first-order chi connectivity index (χ1) is 12.6. The Bertz CT molecular complexity index is 679. The molecule has 150 valence electrons. The van der Waals surface area contributed by atoms with Gasteiger partial charge in [0.2, 0.25) is 5.28 Å². The summed E-state index contributed by atoms with van der Waals surface area (Å²) < 4.78 is 16.2. The second-order valence-electron chi connectivity index (χ2n) is 7.41. The molecule has 1 aromatic rings. The van der Waals surface area contributed by atoms with Gasteiger partial charge in [-0.2, -0.15) is 0 Å². The van der Waals surface area contributed by atoms with Gasteiger partial charge >= 0.3 is 12.1 Å². The van der Waals surface area contributed by atoms with Gasteiger partial charge in [0, 0.05) is 18.4 Å². The normalized spacial score (nSPS) is 20.3. The Morgan fingerprint density at radius 1 is 1.41 bits per heavy atom. The minimum atomic E-state index is -1.22. The van der Waals surface area contributed by atoms with Crippen molar-refractivity contribution in [2.75, 3.05) is 26.8 Å². The fourth-order valence-electron chi connectivity index (χ4n) is 2.89. The summed E-state index contributed by atoms with van der Waals surface area (Å²) >= 11 is 5.80. The monoisotopic (exact) mass is 399 g/mol. The zero-order chi connectivity index (χ0) is 20.1. The lowest BCUT2D eigenvalue weighted by Gasteiger charge is -2.40. The third-order valence-electron chi connectivity index (χ3n) is 4.09. The maximum absolute atomic E-state index is 12.5. The van der Waals surface area contributed by atoms with Gasteiger partial charge in [-0.3, -0.25) is 0 Å². The highest BCUT2D eigenvalue weighted by molar-refractivity contribution is 6.28. The summed E-state index contributed by atoms with van der Waals surface area (Å²) in [5.74, 6) is -0.503.